The normalized spacial score (nSPS) is 21.1. The van der Waals surface area contributed by atoms with Gasteiger partial charge in [-0.05, 0) is 0 Å². The van der Waals surface area contributed by atoms with Crippen molar-refractivity contribution in [2.45, 2.75) is 24.4 Å². The number of rotatable bonds is 5. The summed E-state index contributed by atoms with van der Waals surface area (Å²) < 4.78 is 0. The molecule has 0 unspecified atom stereocenters. The summed E-state index contributed by atoms with van der Waals surface area (Å²) in [6.45, 7) is -0.760. The highest BCUT2D eigenvalue weighted by atomic mass is 16.4. The summed E-state index contributed by atoms with van der Waals surface area (Å²) in [6.07, 6.45) is -6.84. The SMILES string of the molecule is O=C[C@H](O)[C@@H](O)[13C@H](O)[C@H](O)CO. The first-order valence-electron chi connectivity index (χ1n) is 3.33. The smallest absolute Gasteiger partial charge is 0.151 e. The van der Waals surface area contributed by atoms with Crippen LogP contribution in [0.25, 0.3) is 0 Å². The van der Waals surface area contributed by atoms with Crippen molar-refractivity contribution in [2.75, 3.05) is 6.61 Å². The third kappa shape index (κ3) is 2.84. The first-order valence-corrected chi connectivity index (χ1v) is 3.33. The largest absolute Gasteiger partial charge is 0.394 e. The summed E-state index contributed by atoms with van der Waals surface area (Å²) in [5.74, 6) is 0. The Morgan fingerprint density at radius 1 is 1.08 bits per heavy atom. The van der Waals surface area contributed by atoms with Gasteiger partial charge in [-0.15, -0.1) is 0 Å². The van der Waals surface area contributed by atoms with Crippen molar-refractivity contribution in [3.63, 3.8) is 0 Å². The Bertz CT molecular complexity index is 138. The molecule has 0 heterocycles. The molecule has 12 heavy (non-hydrogen) atoms. The van der Waals surface area contributed by atoms with Gasteiger partial charge in [-0.1, -0.05) is 0 Å². The molecule has 0 aliphatic heterocycles. The zero-order valence-electron chi connectivity index (χ0n) is 6.24. The van der Waals surface area contributed by atoms with E-state index in [0.717, 1.165) is 0 Å². The van der Waals surface area contributed by atoms with Gasteiger partial charge in [0.25, 0.3) is 0 Å². The van der Waals surface area contributed by atoms with E-state index >= 15 is 0 Å². The highest BCUT2D eigenvalue weighted by molar-refractivity contribution is 5.56. The molecular weight excluding hydrogens is 169 g/mol. The van der Waals surface area contributed by atoms with Crippen molar-refractivity contribution in [3.05, 3.63) is 0 Å². The molecule has 0 rings (SSSR count). The molecule has 5 N–H and O–H groups in total. The van der Waals surface area contributed by atoms with Crippen LogP contribution in [0.15, 0.2) is 0 Å². The number of aliphatic hydroxyl groups is 5. The van der Waals surface area contributed by atoms with E-state index < -0.39 is 31.0 Å². The Hall–Kier alpha value is -0.530. The molecule has 0 saturated heterocycles. The molecule has 6 nitrogen and oxygen atoms in total. The molecule has 0 fully saturated rings. The monoisotopic (exact) mass is 181 g/mol. The molecule has 0 aromatic heterocycles. The van der Waals surface area contributed by atoms with E-state index in [1.54, 1.807) is 0 Å². The molecular formula is C6H12O6. The van der Waals surface area contributed by atoms with Gasteiger partial charge in [0.1, 0.15) is 24.4 Å². The van der Waals surface area contributed by atoms with Crippen LogP contribution in [0.2, 0.25) is 0 Å². The highest BCUT2D eigenvalue weighted by Gasteiger charge is 2.29. The van der Waals surface area contributed by atoms with Crippen molar-refractivity contribution in [1.82, 2.24) is 0 Å². The van der Waals surface area contributed by atoms with Crippen molar-refractivity contribution in [1.29, 1.82) is 0 Å². The Balaban J connectivity index is 4.07. The lowest BCUT2D eigenvalue weighted by atomic mass is 10.2. The fourth-order valence-electron chi connectivity index (χ4n) is 0.618. The Morgan fingerprint density at radius 2 is 1.58 bits per heavy atom. The van der Waals surface area contributed by atoms with Gasteiger partial charge >= 0.3 is 0 Å². The van der Waals surface area contributed by atoms with Gasteiger partial charge in [-0.3, -0.25) is 0 Å². The van der Waals surface area contributed by atoms with Crippen LogP contribution in [0.5, 0.6) is 0 Å². The molecule has 0 saturated carbocycles. The molecule has 0 radical (unpaired) electrons. The maximum Gasteiger partial charge on any atom is 0.151 e. The molecule has 72 valence electrons. The standard InChI is InChI=1S/C6H12O6/c7-1-3(9)5(11)6(12)4(10)2-8/h1,3-6,8-12H,2H2/t3-,4+,5+,6+/m0/s1/i6+1. The van der Waals surface area contributed by atoms with Gasteiger partial charge < -0.3 is 30.3 Å². The maximum absolute atomic E-state index is 9.90. The van der Waals surface area contributed by atoms with Gasteiger partial charge in [0.15, 0.2) is 6.29 Å². The third-order valence-electron chi connectivity index (χ3n) is 1.42. The minimum absolute atomic E-state index is 0.0258. The fraction of sp³-hybridized carbons (Fsp3) is 0.833. The van der Waals surface area contributed by atoms with Crippen LogP contribution in [0.4, 0.5) is 0 Å². The summed E-state index contributed by atoms with van der Waals surface area (Å²) in [5, 5.41) is 43.5. The van der Waals surface area contributed by atoms with Gasteiger partial charge in [0, 0.05) is 0 Å². The summed E-state index contributed by atoms with van der Waals surface area (Å²) in [6, 6.07) is 0. The lowest BCUT2D eigenvalue weighted by molar-refractivity contribution is -0.136. The molecule has 0 bridgehead atoms. The number of aliphatic hydroxyl groups excluding tert-OH is 5. The van der Waals surface area contributed by atoms with Crippen molar-refractivity contribution in [3.8, 4) is 0 Å². The molecule has 0 amide bonds. The maximum atomic E-state index is 9.90. The Kier molecular flexibility index (Phi) is 4.95. The van der Waals surface area contributed by atoms with Crippen LogP contribution >= 0.6 is 0 Å². The minimum Gasteiger partial charge on any atom is -0.394 e. The fourth-order valence-corrected chi connectivity index (χ4v) is 0.618. The first kappa shape index (κ1) is 11.5. The van der Waals surface area contributed by atoms with Crippen molar-refractivity contribution < 1.29 is 30.3 Å². The zero-order chi connectivity index (χ0) is 9.72. The van der Waals surface area contributed by atoms with Gasteiger partial charge in [0.05, 0.1) is 6.61 Å². The topological polar surface area (TPSA) is 118 Å². The van der Waals surface area contributed by atoms with Gasteiger partial charge in [0.2, 0.25) is 0 Å². The van der Waals surface area contributed by atoms with Crippen LogP contribution in [-0.2, 0) is 4.79 Å². The van der Waals surface area contributed by atoms with E-state index in [9.17, 15) is 4.79 Å². The van der Waals surface area contributed by atoms with E-state index in [-0.39, 0.29) is 6.29 Å². The molecule has 0 aliphatic rings. The summed E-state index contributed by atoms with van der Waals surface area (Å²) in [5.41, 5.74) is 0. The van der Waals surface area contributed by atoms with Crippen LogP contribution in [-0.4, -0.2) is 62.8 Å². The zero-order valence-corrected chi connectivity index (χ0v) is 6.24. The lowest BCUT2D eigenvalue weighted by Crippen LogP contribution is -2.46. The quantitative estimate of drug-likeness (QED) is 0.223. The van der Waals surface area contributed by atoms with Crippen LogP contribution in [0.1, 0.15) is 0 Å². The number of carbonyl (C=O) groups excluding carboxylic acids is 1. The van der Waals surface area contributed by atoms with E-state index in [2.05, 4.69) is 0 Å². The molecule has 0 aromatic carbocycles. The average molecular weight is 181 g/mol. The number of hydrogen-bond acceptors (Lipinski definition) is 6. The van der Waals surface area contributed by atoms with Gasteiger partial charge in [-0.25, -0.2) is 0 Å². The van der Waals surface area contributed by atoms with E-state index in [4.69, 9.17) is 25.5 Å². The summed E-state index contributed by atoms with van der Waals surface area (Å²) in [4.78, 5) is 9.90. The Labute approximate surface area is 68.7 Å². The predicted octanol–water partition coefficient (Wildman–Crippen LogP) is -3.38. The third-order valence-corrected chi connectivity index (χ3v) is 1.42. The number of hydrogen-bond donors (Lipinski definition) is 5. The van der Waals surface area contributed by atoms with Crippen molar-refractivity contribution in [2.24, 2.45) is 0 Å². The van der Waals surface area contributed by atoms with Crippen molar-refractivity contribution >= 4 is 6.29 Å². The van der Waals surface area contributed by atoms with Gasteiger partial charge in [-0.2, -0.15) is 0 Å². The van der Waals surface area contributed by atoms with Crippen LogP contribution in [0, 0.1) is 0 Å². The van der Waals surface area contributed by atoms with Crippen LogP contribution < -0.4 is 0 Å². The Morgan fingerprint density at radius 3 is 1.92 bits per heavy atom. The summed E-state index contributed by atoms with van der Waals surface area (Å²) in [7, 11) is 0. The minimum atomic E-state index is -1.79. The summed E-state index contributed by atoms with van der Waals surface area (Å²) >= 11 is 0. The second kappa shape index (κ2) is 5.18. The van der Waals surface area contributed by atoms with Crippen LogP contribution in [0.3, 0.4) is 0 Å². The average Bonchev–Trinajstić information content (AvgIpc) is 2.12. The molecule has 0 spiro atoms. The lowest BCUT2D eigenvalue weighted by Gasteiger charge is -2.22. The molecule has 0 aromatic rings. The second-order valence-electron chi connectivity index (χ2n) is 2.36. The van der Waals surface area contributed by atoms with E-state index in [1.807, 2.05) is 0 Å². The first-order chi connectivity index (χ1) is 5.54. The highest BCUT2D eigenvalue weighted by Crippen LogP contribution is 2.02. The molecule has 0 aliphatic carbocycles. The van der Waals surface area contributed by atoms with E-state index in [0.29, 0.717) is 0 Å². The number of carbonyl (C=O) groups is 1. The number of aldehydes is 1. The molecule has 4 atom stereocenters. The second-order valence-corrected chi connectivity index (χ2v) is 2.36. The molecule has 6 heteroatoms. The predicted molar refractivity (Wildman–Crippen MR) is 37.2 cm³/mol. The van der Waals surface area contributed by atoms with E-state index in [1.165, 1.54) is 0 Å².